The lowest BCUT2D eigenvalue weighted by atomic mass is 10.1. The van der Waals surface area contributed by atoms with Crippen molar-refractivity contribution < 1.29 is 9.59 Å². The molecule has 2 aromatic rings. The van der Waals surface area contributed by atoms with Gasteiger partial charge in [-0.15, -0.1) is 0 Å². The average Bonchev–Trinajstić information content (AvgIpc) is 2.68. The lowest BCUT2D eigenvalue weighted by Gasteiger charge is -2.36. The maximum absolute atomic E-state index is 13.4. The lowest BCUT2D eigenvalue weighted by molar-refractivity contribution is -0.129. The van der Waals surface area contributed by atoms with E-state index < -0.39 is 22.7 Å². The molecular weight excluding hydrogens is 400 g/mol. The summed E-state index contributed by atoms with van der Waals surface area (Å²) in [6.45, 7) is 10.7. The first-order valence-corrected chi connectivity index (χ1v) is 10.3. The van der Waals surface area contributed by atoms with Gasteiger partial charge in [-0.2, -0.15) is 0 Å². The van der Waals surface area contributed by atoms with E-state index in [1.165, 1.54) is 4.57 Å². The van der Waals surface area contributed by atoms with Crippen molar-refractivity contribution in [3.8, 4) is 0 Å². The Morgan fingerprint density at radius 3 is 2.29 bits per heavy atom. The number of pyridine rings is 1. The number of aryl methyl sites for hydroxylation is 2. The Bertz CT molecular complexity index is 1150. The Hall–Kier alpha value is -3.17. The zero-order valence-corrected chi connectivity index (χ0v) is 19.0. The minimum atomic E-state index is -0.592. The smallest absolute Gasteiger partial charge is 0.332 e. The number of anilines is 1. The molecule has 31 heavy (non-hydrogen) atoms. The van der Waals surface area contributed by atoms with E-state index >= 15 is 0 Å². The molecule has 1 N–H and O–H groups in total. The number of carbonyl (C=O) groups is 2. The molecule has 10 heteroatoms. The van der Waals surface area contributed by atoms with Crippen molar-refractivity contribution in [3.05, 3.63) is 32.6 Å². The Morgan fingerprint density at radius 2 is 1.74 bits per heavy atom. The Kier molecular flexibility index (Phi) is 5.93. The van der Waals surface area contributed by atoms with Gasteiger partial charge in [-0.1, -0.05) is 0 Å². The summed E-state index contributed by atoms with van der Waals surface area (Å²) in [5, 5.41) is 3.09. The van der Waals surface area contributed by atoms with Crippen LogP contribution in [0.5, 0.6) is 0 Å². The van der Waals surface area contributed by atoms with Crippen LogP contribution in [0.3, 0.4) is 0 Å². The maximum Gasteiger partial charge on any atom is 0.332 e. The minimum Gasteiger partial charge on any atom is -0.367 e. The van der Waals surface area contributed by atoms with Gasteiger partial charge >= 0.3 is 5.69 Å². The quantitative estimate of drug-likeness (QED) is 0.733. The summed E-state index contributed by atoms with van der Waals surface area (Å²) in [7, 11) is 1.54. The van der Waals surface area contributed by atoms with Crippen molar-refractivity contribution in [2.45, 2.75) is 46.7 Å². The van der Waals surface area contributed by atoms with Crippen LogP contribution < -0.4 is 21.5 Å². The molecule has 3 heterocycles. The van der Waals surface area contributed by atoms with Crippen LogP contribution in [0.15, 0.2) is 15.8 Å². The number of nitrogens with one attached hydrogen (secondary N) is 1. The van der Waals surface area contributed by atoms with Crippen molar-refractivity contribution in [1.82, 2.24) is 24.3 Å². The monoisotopic (exact) mass is 430 g/mol. The molecule has 0 radical (unpaired) electrons. The van der Waals surface area contributed by atoms with Crippen LogP contribution in [0.4, 0.5) is 5.69 Å². The molecule has 1 fully saturated rings. The van der Waals surface area contributed by atoms with E-state index in [4.69, 9.17) is 0 Å². The molecule has 0 aliphatic carbocycles. The highest BCUT2D eigenvalue weighted by Gasteiger charge is 2.26. The number of hydrogen-bond acceptors (Lipinski definition) is 6. The van der Waals surface area contributed by atoms with Crippen molar-refractivity contribution in [2.75, 3.05) is 31.1 Å². The summed E-state index contributed by atoms with van der Waals surface area (Å²) >= 11 is 0. The van der Waals surface area contributed by atoms with E-state index in [9.17, 15) is 19.2 Å². The fraction of sp³-hybridized carbons (Fsp3) is 0.571. The van der Waals surface area contributed by atoms with Gasteiger partial charge in [0.2, 0.25) is 11.8 Å². The fourth-order valence-electron chi connectivity index (χ4n) is 3.92. The second-order valence-corrected chi connectivity index (χ2v) is 9.01. The van der Waals surface area contributed by atoms with Gasteiger partial charge in [-0.25, -0.2) is 9.78 Å². The minimum absolute atomic E-state index is 0.0190. The molecule has 2 aromatic heterocycles. The van der Waals surface area contributed by atoms with Gasteiger partial charge in [0.25, 0.3) is 5.56 Å². The Balaban J connectivity index is 2.12. The molecule has 1 saturated heterocycles. The number of fused-ring (bicyclic) bond motifs is 1. The van der Waals surface area contributed by atoms with E-state index in [-0.39, 0.29) is 18.1 Å². The highest BCUT2D eigenvalue weighted by molar-refractivity contribution is 5.91. The summed E-state index contributed by atoms with van der Waals surface area (Å²) in [6.07, 6.45) is 1.64. The molecule has 1 aliphatic heterocycles. The maximum atomic E-state index is 13.4. The van der Waals surface area contributed by atoms with Gasteiger partial charge in [-0.05, 0) is 33.3 Å². The number of rotatable bonds is 3. The van der Waals surface area contributed by atoms with Crippen LogP contribution >= 0.6 is 0 Å². The molecular formula is C21H30N6O4. The molecule has 0 spiro atoms. The van der Waals surface area contributed by atoms with Crippen LogP contribution in [0, 0.1) is 6.92 Å². The zero-order chi connectivity index (χ0) is 23.1. The van der Waals surface area contributed by atoms with Crippen LogP contribution in [-0.4, -0.2) is 62.6 Å². The van der Waals surface area contributed by atoms with Crippen molar-refractivity contribution >= 4 is 28.5 Å². The van der Waals surface area contributed by atoms with Gasteiger partial charge in [0.05, 0.1) is 5.69 Å². The molecule has 1 aliphatic rings. The first kappa shape index (κ1) is 22.5. The molecule has 0 saturated carbocycles. The molecule has 168 valence electrons. The van der Waals surface area contributed by atoms with Crippen molar-refractivity contribution in [2.24, 2.45) is 7.05 Å². The van der Waals surface area contributed by atoms with E-state index in [1.54, 1.807) is 25.1 Å². The summed E-state index contributed by atoms with van der Waals surface area (Å²) < 4.78 is 2.26. The van der Waals surface area contributed by atoms with Crippen LogP contribution in [-0.2, 0) is 23.2 Å². The molecule has 0 atom stereocenters. The number of carbonyl (C=O) groups excluding carboxylic acids is 2. The van der Waals surface area contributed by atoms with Gasteiger partial charge in [0.15, 0.2) is 5.65 Å². The largest absolute Gasteiger partial charge is 0.367 e. The van der Waals surface area contributed by atoms with Gasteiger partial charge < -0.3 is 15.1 Å². The van der Waals surface area contributed by atoms with Crippen LogP contribution in [0.2, 0.25) is 0 Å². The highest BCUT2D eigenvalue weighted by Crippen LogP contribution is 2.27. The van der Waals surface area contributed by atoms with E-state index in [2.05, 4.69) is 10.3 Å². The van der Waals surface area contributed by atoms with Crippen LogP contribution in [0.25, 0.3) is 11.0 Å². The summed E-state index contributed by atoms with van der Waals surface area (Å²) in [5.74, 6) is -0.395. The van der Waals surface area contributed by atoms with Gasteiger partial charge in [0, 0.05) is 51.9 Å². The van der Waals surface area contributed by atoms with Gasteiger partial charge in [0.1, 0.15) is 11.9 Å². The first-order chi connectivity index (χ1) is 14.4. The second kappa shape index (κ2) is 8.16. The summed E-state index contributed by atoms with van der Waals surface area (Å²) in [4.78, 5) is 58.5. The fourth-order valence-corrected chi connectivity index (χ4v) is 3.92. The SMILES string of the molecule is CC(=O)N1CCN(c2c(C)cnc3c2c(=O)n(CC(=O)NC(C)(C)C)c(=O)n3C)CC1. The highest BCUT2D eigenvalue weighted by atomic mass is 16.2. The summed E-state index contributed by atoms with van der Waals surface area (Å²) in [5.41, 5.74) is 0.149. The molecule has 0 aromatic carbocycles. The third kappa shape index (κ3) is 4.47. The van der Waals surface area contributed by atoms with E-state index in [1.807, 2.05) is 32.6 Å². The normalized spacial score (nSPS) is 14.8. The van der Waals surface area contributed by atoms with Crippen molar-refractivity contribution in [3.63, 3.8) is 0 Å². The van der Waals surface area contributed by atoms with Gasteiger partial charge in [-0.3, -0.25) is 23.5 Å². The number of hydrogen-bond donors (Lipinski definition) is 1. The van der Waals surface area contributed by atoms with E-state index in [0.717, 1.165) is 10.1 Å². The van der Waals surface area contributed by atoms with Crippen LogP contribution in [0.1, 0.15) is 33.3 Å². The lowest BCUT2D eigenvalue weighted by Crippen LogP contribution is -2.49. The number of aromatic nitrogens is 3. The second-order valence-electron chi connectivity index (χ2n) is 9.01. The third-order valence-electron chi connectivity index (χ3n) is 5.37. The first-order valence-electron chi connectivity index (χ1n) is 10.3. The average molecular weight is 431 g/mol. The molecule has 10 nitrogen and oxygen atoms in total. The molecule has 0 bridgehead atoms. The Labute approximate surface area is 180 Å². The summed E-state index contributed by atoms with van der Waals surface area (Å²) in [6, 6.07) is 0. The zero-order valence-electron chi connectivity index (χ0n) is 19.0. The molecule has 2 amide bonds. The number of amides is 2. The van der Waals surface area contributed by atoms with Crippen molar-refractivity contribution in [1.29, 1.82) is 0 Å². The molecule has 3 rings (SSSR count). The number of piperazine rings is 1. The predicted molar refractivity (Wildman–Crippen MR) is 118 cm³/mol. The Morgan fingerprint density at radius 1 is 1.13 bits per heavy atom. The number of nitrogens with zero attached hydrogens (tertiary/aromatic N) is 5. The topological polar surface area (TPSA) is 110 Å². The third-order valence-corrected chi connectivity index (χ3v) is 5.37. The van der Waals surface area contributed by atoms with E-state index in [0.29, 0.717) is 37.3 Å². The standard InChI is InChI=1S/C21H30N6O4/c1-13-11-22-18-16(17(13)26-9-7-25(8-10-26)14(2)28)19(30)27(20(31)24(18)6)12-15(29)23-21(3,4)5/h11H,7-10,12H2,1-6H3,(H,23,29). The molecule has 0 unspecified atom stereocenters. The predicted octanol–water partition coefficient (Wildman–Crippen LogP) is -0.0132.